The summed E-state index contributed by atoms with van der Waals surface area (Å²) in [5.74, 6) is -3.55. The van der Waals surface area contributed by atoms with E-state index in [0.29, 0.717) is 12.6 Å². The Balaban J connectivity index is 1.71. The summed E-state index contributed by atoms with van der Waals surface area (Å²) >= 11 is 0. The van der Waals surface area contributed by atoms with Gasteiger partial charge in [-0.2, -0.15) is 13.8 Å². The number of aliphatic hydroxyl groups is 1. The molecule has 1 atom stereocenters. The summed E-state index contributed by atoms with van der Waals surface area (Å²) in [7, 11) is 1.29. The highest BCUT2D eigenvalue weighted by Crippen LogP contribution is 2.41. The number of hydrogen-bond donors (Lipinski definition) is 2. The maximum Gasteiger partial charge on any atom is 0.387 e. The molecule has 0 radical (unpaired) electrons. The molecule has 2 N–H and O–H groups in total. The molecule has 5 rings (SSSR count). The van der Waals surface area contributed by atoms with Crippen molar-refractivity contribution in [3.8, 4) is 11.6 Å². The molecule has 5 aromatic rings. The number of halogens is 4. The second-order valence-electron chi connectivity index (χ2n) is 9.16. The van der Waals surface area contributed by atoms with Gasteiger partial charge in [0.15, 0.2) is 17.1 Å². The first-order chi connectivity index (χ1) is 20.6. The fourth-order valence-corrected chi connectivity index (χ4v) is 4.73. The molecule has 0 saturated heterocycles. The van der Waals surface area contributed by atoms with Crippen molar-refractivity contribution in [1.82, 2.24) is 29.3 Å². The van der Waals surface area contributed by atoms with E-state index in [2.05, 4.69) is 30.1 Å². The molecule has 11 nitrogen and oxygen atoms in total. The Morgan fingerprint density at radius 1 is 1.05 bits per heavy atom. The number of aromatic nitrogens is 6. The van der Waals surface area contributed by atoms with E-state index in [-0.39, 0.29) is 46.5 Å². The standard InChI is InChI=1S/C28H25F4N7O4/c1-4-38-14-33-27(37-38)36-23(40)16-13-21-22(34-24(16)42-3)35-25(39(21)5-2)28(41,17-8-6-7-9-19(17)29)18-11-10-15(12-20(18)30)43-26(31)32/h6-14,26,41H,4-5H2,1-3H3,(H,36,37,40). The number of alkyl halides is 2. The maximum atomic E-state index is 15.6. The summed E-state index contributed by atoms with van der Waals surface area (Å²) in [4.78, 5) is 26.0. The van der Waals surface area contributed by atoms with E-state index in [0.717, 1.165) is 18.2 Å². The van der Waals surface area contributed by atoms with Crippen LogP contribution >= 0.6 is 0 Å². The summed E-state index contributed by atoms with van der Waals surface area (Å²) in [5, 5.41) is 19.0. The second kappa shape index (κ2) is 11.7. The van der Waals surface area contributed by atoms with Crippen molar-refractivity contribution in [2.45, 2.75) is 39.1 Å². The Hall–Kier alpha value is -5.05. The molecule has 0 fully saturated rings. The van der Waals surface area contributed by atoms with Gasteiger partial charge >= 0.3 is 6.61 Å². The summed E-state index contributed by atoms with van der Waals surface area (Å²) < 4.78 is 69.0. The molecule has 0 spiro atoms. The number of hydrogen-bond acceptors (Lipinski definition) is 8. The number of nitrogens with one attached hydrogen (secondary N) is 1. The lowest BCUT2D eigenvalue weighted by Gasteiger charge is -2.30. The van der Waals surface area contributed by atoms with E-state index in [1.165, 1.54) is 47.0 Å². The number of methoxy groups -OCH3 is 1. The molecule has 43 heavy (non-hydrogen) atoms. The van der Waals surface area contributed by atoms with Crippen molar-refractivity contribution in [1.29, 1.82) is 0 Å². The molecule has 0 aliphatic carbocycles. The van der Waals surface area contributed by atoms with Crippen LogP contribution in [0.3, 0.4) is 0 Å². The number of benzene rings is 2. The summed E-state index contributed by atoms with van der Waals surface area (Å²) in [5.41, 5.74) is -3.27. The van der Waals surface area contributed by atoms with Gasteiger partial charge < -0.3 is 19.1 Å². The van der Waals surface area contributed by atoms with E-state index >= 15 is 8.78 Å². The second-order valence-corrected chi connectivity index (χ2v) is 9.16. The Morgan fingerprint density at radius 3 is 2.42 bits per heavy atom. The molecule has 0 aliphatic heterocycles. The van der Waals surface area contributed by atoms with Crippen molar-refractivity contribution in [3.63, 3.8) is 0 Å². The zero-order valence-corrected chi connectivity index (χ0v) is 23.1. The molecule has 1 unspecified atom stereocenters. The Morgan fingerprint density at radius 2 is 1.79 bits per heavy atom. The molecular formula is C28H25F4N7O4. The van der Waals surface area contributed by atoms with E-state index in [9.17, 15) is 18.7 Å². The summed E-state index contributed by atoms with van der Waals surface area (Å²) in [6.45, 7) is 0.962. The summed E-state index contributed by atoms with van der Waals surface area (Å²) in [6, 6.07) is 9.23. The average molecular weight is 600 g/mol. The molecule has 0 saturated carbocycles. The molecule has 15 heteroatoms. The summed E-state index contributed by atoms with van der Waals surface area (Å²) in [6.07, 6.45) is 1.45. The maximum absolute atomic E-state index is 15.6. The third kappa shape index (κ3) is 5.34. The topological polar surface area (TPSA) is 129 Å². The van der Waals surface area contributed by atoms with Gasteiger partial charge in [-0.25, -0.2) is 18.7 Å². The van der Waals surface area contributed by atoms with Crippen molar-refractivity contribution >= 4 is 23.0 Å². The SMILES string of the molecule is CCn1cnc(NC(=O)c2cc3c(nc2OC)nc(C(O)(c2ccccc2F)c2ccc(OC(F)F)cc2F)n3CC)n1. The van der Waals surface area contributed by atoms with Crippen molar-refractivity contribution < 1.29 is 36.9 Å². The lowest BCUT2D eigenvalue weighted by molar-refractivity contribution is -0.0500. The zero-order valence-electron chi connectivity index (χ0n) is 23.1. The number of pyridine rings is 1. The van der Waals surface area contributed by atoms with Gasteiger partial charge in [0, 0.05) is 30.3 Å². The first-order valence-electron chi connectivity index (χ1n) is 13.0. The number of nitrogens with zero attached hydrogens (tertiary/aromatic N) is 6. The molecule has 3 heterocycles. The molecule has 224 valence electrons. The Bertz CT molecular complexity index is 1810. The lowest BCUT2D eigenvalue weighted by Crippen LogP contribution is -2.34. The van der Waals surface area contributed by atoms with Crippen LogP contribution in [0.5, 0.6) is 11.6 Å². The monoisotopic (exact) mass is 599 g/mol. The van der Waals surface area contributed by atoms with Crippen molar-refractivity contribution in [2.24, 2.45) is 0 Å². The molecule has 2 aromatic carbocycles. The number of aryl methyl sites for hydroxylation is 2. The van der Waals surface area contributed by atoms with Crippen LogP contribution in [0, 0.1) is 11.6 Å². The van der Waals surface area contributed by atoms with Gasteiger partial charge in [0.05, 0.1) is 12.6 Å². The third-order valence-electron chi connectivity index (χ3n) is 6.69. The third-order valence-corrected chi connectivity index (χ3v) is 6.69. The molecule has 0 bridgehead atoms. The van der Waals surface area contributed by atoms with Gasteiger partial charge in [0.25, 0.3) is 5.91 Å². The van der Waals surface area contributed by atoms with Gasteiger partial charge in [-0.15, -0.1) is 5.10 Å². The van der Waals surface area contributed by atoms with E-state index in [4.69, 9.17) is 4.74 Å². The van der Waals surface area contributed by atoms with Gasteiger partial charge in [-0.05, 0) is 38.1 Å². The number of fused-ring (bicyclic) bond motifs is 1. The van der Waals surface area contributed by atoms with Crippen LogP contribution in [0.4, 0.5) is 23.5 Å². The first-order valence-corrected chi connectivity index (χ1v) is 13.0. The van der Waals surface area contributed by atoms with Crippen LogP contribution in [0.25, 0.3) is 11.2 Å². The normalized spacial score (nSPS) is 12.9. The number of ether oxygens (including phenoxy) is 2. The average Bonchev–Trinajstić information content (AvgIpc) is 3.59. The minimum atomic E-state index is -3.22. The highest BCUT2D eigenvalue weighted by molar-refractivity contribution is 6.06. The quantitative estimate of drug-likeness (QED) is 0.225. The van der Waals surface area contributed by atoms with Crippen LogP contribution in [0.1, 0.15) is 41.2 Å². The van der Waals surface area contributed by atoms with Gasteiger partial charge in [-0.3, -0.25) is 14.8 Å². The molecule has 3 aromatic heterocycles. The van der Waals surface area contributed by atoms with Crippen molar-refractivity contribution in [2.75, 3.05) is 12.4 Å². The van der Waals surface area contributed by atoms with E-state index in [1.807, 2.05) is 6.92 Å². The molecule has 1 amide bonds. The number of rotatable bonds is 10. The largest absolute Gasteiger partial charge is 0.480 e. The van der Waals surface area contributed by atoms with Crippen LogP contribution in [0.15, 0.2) is 54.9 Å². The van der Waals surface area contributed by atoms with Crippen LogP contribution in [-0.2, 0) is 18.7 Å². The highest BCUT2D eigenvalue weighted by atomic mass is 19.3. The van der Waals surface area contributed by atoms with Crippen LogP contribution in [0.2, 0.25) is 0 Å². The number of amides is 1. The number of carbonyl (C=O) groups is 1. The zero-order chi connectivity index (χ0) is 30.9. The van der Waals surface area contributed by atoms with E-state index in [1.54, 1.807) is 6.92 Å². The Labute approximate surface area is 241 Å². The molecule has 0 aliphatic rings. The Kier molecular flexibility index (Phi) is 8.00. The molecular weight excluding hydrogens is 574 g/mol. The fraction of sp³-hybridized carbons (Fsp3) is 0.250. The van der Waals surface area contributed by atoms with Gasteiger partial charge in [-0.1, -0.05) is 18.2 Å². The first kappa shape index (κ1) is 29.4. The van der Waals surface area contributed by atoms with Gasteiger partial charge in [0.2, 0.25) is 11.8 Å². The van der Waals surface area contributed by atoms with Gasteiger partial charge in [0.1, 0.15) is 29.3 Å². The number of carbonyl (C=O) groups excluding carboxylic acids is 1. The smallest absolute Gasteiger partial charge is 0.387 e. The fourth-order valence-electron chi connectivity index (χ4n) is 4.73. The number of imidazole rings is 1. The minimum Gasteiger partial charge on any atom is -0.480 e. The van der Waals surface area contributed by atoms with E-state index < -0.39 is 41.1 Å². The lowest BCUT2D eigenvalue weighted by atomic mass is 9.84. The van der Waals surface area contributed by atoms with Crippen LogP contribution < -0.4 is 14.8 Å². The van der Waals surface area contributed by atoms with Crippen LogP contribution in [-0.4, -0.2) is 54.0 Å². The number of anilines is 1. The van der Waals surface area contributed by atoms with Crippen molar-refractivity contribution in [3.05, 3.63) is 89.0 Å². The highest BCUT2D eigenvalue weighted by Gasteiger charge is 2.43. The minimum absolute atomic E-state index is 0.00791. The predicted molar refractivity (Wildman–Crippen MR) is 145 cm³/mol. The predicted octanol–water partition coefficient (Wildman–Crippen LogP) is 4.49.